The van der Waals surface area contributed by atoms with Gasteiger partial charge in [0.2, 0.25) is 0 Å². The first-order valence-electron chi connectivity index (χ1n) is 6.18. The van der Waals surface area contributed by atoms with E-state index in [1.54, 1.807) is 0 Å². The van der Waals surface area contributed by atoms with E-state index in [0.717, 1.165) is 10.0 Å². The van der Waals surface area contributed by atoms with Crippen molar-refractivity contribution in [2.75, 3.05) is 0 Å². The van der Waals surface area contributed by atoms with Gasteiger partial charge in [-0.1, -0.05) is 45.2 Å². The first-order chi connectivity index (χ1) is 8.88. The van der Waals surface area contributed by atoms with Crippen molar-refractivity contribution in [3.05, 3.63) is 67.6 Å². The molecule has 0 saturated heterocycles. The van der Waals surface area contributed by atoms with Crippen LogP contribution in [0.1, 0.15) is 33.9 Å². The first kappa shape index (κ1) is 14.6. The molecule has 0 aliphatic heterocycles. The summed E-state index contributed by atoms with van der Waals surface area (Å²) in [6.07, 6.45) is 0. The number of hydrogen-bond donors (Lipinski definition) is 1. The zero-order valence-electron chi connectivity index (χ0n) is 11.3. The summed E-state index contributed by atoms with van der Waals surface area (Å²) < 4.78 is 0.952. The Hall–Kier alpha value is -0.830. The van der Waals surface area contributed by atoms with Crippen LogP contribution in [0.15, 0.2) is 34.8 Å². The number of aryl methyl sites for hydroxylation is 3. The molecule has 1 nitrogen and oxygen atoms in total. The van der Waals surface area contributed by atoms with Crippen LogP contribution in [0, 0.1) is 20.8 Å². The highest BCUT2D eigenvalue weighted by atomic mass is 79.9. The molecule has 0 bridgehead atoms. The van der Waals surface area contributed by atoms with Crippen LogP contribution in [-0.4, -0.2) is 0 Å². The molecule has 0 aromatic heterocycles. The minimum Gasteiger partial charge on any atom is -0.320 e. The highest BCUT2D eigenvalue weighted by molar-refractivity contribution is 9.10. The molecular weight excluding hydrogens is 322 g/mol. The number of rotatable bonds is 2. The monoisotopic (exact) mass is 337 g/mol. The third kappa shape index (κ3) is 3.19. The topological polar surface area (TPSA) is 26.0 Å². The van der Waals surface area contributed by atoms with E-state index in [1.807, 2.05) is 18.2 Å². The van der Waals surface area contributed by atoms with Crippen molar-refractivity contribution in [2.24, 2.45) is 5.73 Å². The summed E-state index contributed by atoms with van der Waals surface area (Å²) >= 11 is 9.56. The van der Waals surface area contributed by atoms with E-state index < -0.39 is 0 Å². The molecule has 19 heavy (non-hydrogen) atoms. The fourth-order valence-corrected chi connectivity index (χ4v) is 3.49. The van der Waals surface area contributed by atoms with E-state index >= 15 is 0 Å². The van der Waals surface area contributed by atoms with Gasteiger partial charge in [-0.15, -0.1) is 0 Å². The van der Waals surface area contributed by atoms with Gasteiger partial charge in [0.15, 0.2) is 0 Å². The van der Waals surface area contributed by atoms with Crippen molar-refractivity contribution in [3.8, 4) is 0 Å². The fourth-order valence-electron chi connectivity index (χ4n) is 2.60. The third-order valence-electron chi connectivity index (χ3n) is 3.29. The van der Waals surface area contributed by atoms with Gasteiger partial charge in [-0.3, -0.25) is 0 Å². The maximum absolute atomic E-state index is 6.43. The second-order valence-electron chi connectivity index (χ2n) is 4.99. The first-order valence-corrected chi connectivity index (χ1v) is 7.35. The normalized spacial score (nSPS) is 12.5. The van der Waals surface area contributed by atoms with Gasteiger partial charge in [0.05, 0.1) is 6.04 Å². The predicted molar refractivity (Wildman–Crippen MR) is 85.8 cm³/mol. The zero-order valence-corrected chi connectivity index (χ0v) is 13.6. The summed E-state index contributed by atoms with van der Waals surface area (Å²) in [5.41, 5.74) is 12.3. The smallest absolute Gasteiger partial charge is 0.0557 e. The minimum absolute atomic E-state index is 0.157. The van der Waals surface area contributed by atoms with Crippen LogP contribution in [0.4, 0.5) is 0 Å². The van der Waals surface area contributed by atoms with Crippen molar-refractivity contribution in [2.45, 2.75) is 26.8 Å². The molecule has 2 aromatic rings. The Labute approximate surface area is 127 Å². The van der Waals surface area contributed by atoms with E-state index in [9.17, 15) is 0 Å². The summed E-state index contributed by atoms with van der Waals surface area (Å²) in [6, 6.07) is 10.00. The van der Waals surface area contributed by atoms with Crippen LogP contribution in [0.25, 0.3) is 0 Å². The van der Waals surface area contributed by atoms with Crippen LogP contribution in [0.2, 0.25) is 5.02 Å². The average Bonchev–Trinajstić information content (AvgIpc) is 2.25. The van der Waals surface area contributed by atoms with Crippen molar-refractivity contribution < 1.29 is 0 Å². The van der Waals surface area contributed by atoms with Gasteiger partial charge in [-0.05, 0) is 61.2 Å². The summed E-state index contributed by atoms with van der Waals surface area (Å²) in [4.78, 5) is 0. The zero-order chi connectivity index (χ0) is 14.2. The Morgan fingerprint density at radius 2 is 1.58 bits per heavy atom. The van der Waals surface area contributed by atoms with Gasteiger partial charge in [-0.25, -0.2) is 0 Å². The van der Waals surface area contributed by atoms with E-state index in [4.69, 9.17) is 17.3 Å². The van der Waals surface area contributed by atoms with Gasteiger partial charge in [-0.2, -0.15) is 0 Å². The van der Waals surface area contributed by atoms with Crippen molar-refractivity contribution in [3.63, 3.8) is 0 Å². The van der Waals surface area contributed by atoms with Gasteiger partial charge >= 0.3 is 0 Å². The van der Waals surface area contributed by atoms with Crippen LogP contribution >= 0.6 is 27.5 Å². The molecule has 0 aliphatic rings. The lowest BCUT2D eigenvalue weighted by Gasteiger charge is -2.19. The predicted octanol–water partition coefficient (Wildman–Crippen LogP) is 5.08. The number of halogens is 2. The lowest BCUT2D eigenvalue weighted by molar-refractivity contribution is 0.849. The molecule has 0 saturated carbocycles. The average molecular weight is 339 g/mol. The quantitative estimate of drug-likeness (QED) is 0.812. The van der Waals surface area contributed by atoms with Crippen LogP contribution in [0.3, 0.4) is 0 Å². The Bertz CT molecular complexity index is 579. The SMILES string of the molecule is Cc1cc(C)c(C(N)c2cc(Cl)cc(Br)c2)c(C)c1. The Kier molecular flexibility index (Phi) is 4.34. The third-order valence-corrected chi connectivity index (χ3v) is 3.97. The number of benzene rings is 2. The summed E-state index contributed by atoms with van der Waals surface area (Å²) in [7, 11) is 0. The second-order valence-corrected chi connectivity index (χ2v) is 6.34. The highest BCUT2D eigenvalue weighted by Crippen LogP contribution is 2.30. The fraction of sp³-hybridized carbons (Fsp3) is 0.250. The van der Waals surface area contributed by atoms with E-state index in [-0.39, 0.29) is 6.04 Å². The lowest BCUT2D eigenvalue weighted by atomic mass is 9.90. The molecule has 2 aromatic carbocycles. The molecule has 0 heterocycles. The molecular formula is C16H17BrClN. The number of hydrogen-bond acceptors (Lipinski definition) is 1. The largest absolute Gasteiger partial charge is 0.320 e. The Morgan fingerprint density at radius 3 is 2.11 bits per heavy atom. The standard InChI is InChI=1S/C16H17BrClN/c1-9-4-10(2)15(11(3)5-9)16(19)12-6-13(17)8-14(18)7-12/h4-8,16H,19H2,1-3H3. The molecule has 0 aliphatic carbocycles. The maximum atomic E-state index is 6.43. The lowest BCUT2D eigenvalue weighted by Crippen LogP contribution is -2.15. The molecule has 3 heteroatoms. The maximum Gasteiger partial charge on any atom is 0.0557 e. The van der Waals surface area contributed by atoms with E-state index in [2.05, 4.69) is 48.8 Å². The van der Waals surface area contributed by atoms with Gasteiger partial charge in [0.1, 0.15) is 0 Å². The van der Waals surface area contributed by atoms with Gasteiger partial charge in [0, 0.05) is 9.50 Å². The molecule has 2 rings (SSSR count). The van der Waals surface area contributed by atoms with Crippen LogP contribution in [-0.2, 0) is 0 Å². The van der Waals surface area contributed by atoms with Crippen LogP contribution in [0.5, 0.6) is 0 Å². The molecule has 0 amide bonds. The highest BCUT2D eigenvalue weighted by Gasteiger charge is 2.15. The van der Waals surface area contributed by atoms with Crippen molar-refractivity contribution >= 4 is 27.5 Å². The van der Waals surface area contributed by atoms with Gasteiger partial charge < -0.3 is 5.73 Å². The summed E-state index contributed by atoms with van der Waals surface area (Å²) in [5.74, 6) is 0. The van der Waals surface area contributed by atoms with Gasteiger partial charge in [0.25, 0.3) is 0 Å². The van der Waals surface area contributed by atoms with E-state index in [0.29, 0.717) is 5.02 Å². The Morgan fingerprint density at radius 1 is 1.00 bits per heavy atom. The molecule has 0 spiro atoms. The van der Waals surface area contributed by atoms with Crippen molar-refractivity contribution in [1.82, 2.24) is 0 Å². The minimum atomic E-state index is -0.157. The molecule has 0 radical (unpaired) electrons. The molecule has 0 fully saturated rings. The van der Waals surface area contributed by atoms with E-state index in [1.165, 1.54) is 22.3 Å². The molecule has 1 unspecified atom stereocenters. The second kappa shape index (κ2) is 5.66. The van der Waals surface area contributed by atoms with Crippen molar-refractivity contribution in [1.29, 1.82) is 0 Å². The molecule has 100 valence electrons. The molecule has 2 N–H and O–H groups in total. The van der Waals surface area contributed by atoms with Crippen LogP contribution < -0.4 is 5.73 Å². The molecule has 1 atom stereocenters. The summed E-state index contributed by atoms with van der Waals surface area (Å²) in [5, 5.41) is 0.697. The summed E-state index contributed by atoms with van der Waals surface area (Å²) in [6.45, 7) is 6.31. The number of nitrogens with two attached hydrogens (primary N) is 1. The Balaban J connectivity index is 2.52.